The van der Waals surface area contributed by atoms with Gasteiger partial charge in [0.25, 0.3) is 0 Å². The van der Waals surface area contributed by atoms with Gasteiger partial charge < -0.3 is 4.74 Å². The van der Waals surface area contributed by atoms with Crippen LogP contribution in [0.5, 0.6) is 0 Å². The van der Waals surface area contributed by atoms with Gasteiger partial charge in [-0.15, -0.1) is 11.3 Å². The minimum Gasteiger partial charge on any atom is -0.444 e. The number of hydrogen-bond acceptors (Lipinski definition) is 4. The molecular formula is C19H21ClN2O2S. The summed E-state index contributed by atoms with van der Waals surface area (Å²) in [7, 11) is 0. The molecule has 1 atom stereocenters. The molecule has 1 aromatic heterocycles. The molecule has 4 heterocycles. The van der Waals surface area contributed by atoms with Gasteiger partial charge in [-0.25, -0.2) is 4.79 Å². The monoisotopic (exact) mass is 376 g/mol. The second-order valence-electron chi connectivity index (χ2n) is 6.75. The number of rotatable bonds is 4. The van der Waals surface area contributed by atoms with Gasteiger partial charge in [0.05, 0.1) is 4.34 Å². The molecule has 3 fully saturated rings. The fraction of sp³-hybridized carbons (Fsp3) is 0.421. The van der Waals surface area contributed by atoms with Crippen molar-refractivity contribution in [2.45, 2.75) is 25.4 Å². The Morgan fingerprint density at radius 1 is 1.24 bits per heavy atom. The fourth-order valence-corrected chi connectivity index (χ4v) is 4.86. The summed E-state index contributed by atoms with van der Waals surface area (Å²) in [6.07, 6.45) is 2.68. The molecule has 6 heteroatoms. The summed E-state index contributed by atoms with van der Waals surface area (Å²) in [5.74, 6) is 0.513. The van der Waals surface area contributed by atoms with E-state index in [0.717, 1.165) is 54.5 Å². The van der Waals surface area contributed by atoms with Crippen molar-refractivity contribution in [3.8, 4) is 0 Å². The van der Waals surface area contributed by atoms with Crippen LogP contribution in [0, 0.1) is 5.92 Å². The van der Waals surface area contributed by atoms with Gasteiger partial charge in [-0.2, -0.15) is 0 Å². The Kier molecular flexibility index (Phi) is 4.97. The predicted molar refractivity (Wildman–Crippen MR) is 102 cm³/mol. The van der Waals surface area contributed by atoms with E-state index in [4.69, 9.17) is 16.3 Å². The van der Waals surface area contributed by atoms with Crippen LogP contribution >= 0.6 is 22.9 Å². The van der Waals surface area contributed by atoms with Crippen molar-refractivity contribution < 1.29 is 9.53 Å². The zero-order valence-corrected chi connectivity index (χ0v) is 15.5. The summed E-state index contributed by atoms with van der Waals surface area (Å²) in [6.45, 7) is 3.14. The van der Waals surface area contributed by atoms with Gasteiger partial charge in [-0.1, -0.05) is 29.8 Å². The van der Waals surface area contributed by atoms with Crippen LogP contribution in [0.1, 0.15) is 23.3 Å². The lowest BCUT2D eigenvalue weighted by atomic mass is 9.86. The number of amides is 1. The Morgan fingerprint density at radius 3 is 2.72 bits per heavy atom. The van der Waals surface area contributed by atoms with Crippen molar-refractivity contribution in [2.24, 2.45) is 5.92 Å². The van der Waals surface area contributed by atoms with Crippen LogP contribution < -0.4 is 5.32 Å². The number of hydrogen-bond donors (Lipinski definition) is 1. The molecule has 3 aliphatic heterocycles. The molecule has 1 N–H and O–H groups in total. The standard InChI is InChI=1S/C19H21ClN2O2S/c20-18-6-5-15(25-18)11-14-3-1-2-4-16(14)21-19(23)24-17-12-22-9-7-13(17)8-10-22/h1-6,13,17H,7-12H2,(H,21,23). The molecule has 0 saturated carbocycles. The van der Waals surface area contributed by atoms with Gasteiger partial charge in [-0.3, -0.25) is 10.2 Å². The molecule has 0 radical (unpaired) electrons. The molecular weight excluding hydrogens is 356 g/mol. The minimum absolute atomic E-state index is 0.0192. The predicted octanol–water partition coefficient (Wildman–Crippen LogP) is 4.64. The van der Waals surface area contributed by atoms with Gasteiger partial charge in [0, 0.05) is 23.5 Å². The first-order valence-electron chi connectivity index (χ1n) is 8.69. The highest BCUT2D eigenvalue weighted by molar-refractivity contribution is 7.16. The average Bonchev–Trinajstić information content (AvgIpc) is 3.02. The first-order chi connectivity index (χ1) is 12.2. The van der Waals surface area contributed by atoms with Gasteiger partial charge >= 0.3 is 6.09 Å². The van der Waals surface area contributed by atoms with Crippen molar-refractivity contribution in [1.29, 1.82) is 0 Å². The number of ether oxygens (including phenoxy) is 1. The number of fused-ring (bicyclic) bond motifs is 3. The van der Waals surface area contributed by atoms with Crippen molar-refractivity contribution in [2.75, 3.05) is 25.0 Å². The summed E-state index contributed by atoms with van der Waals surface area (Å²) >= 11 is 7.58. The molecule has 132 valence electrons. The van der Waals surface area contributed by atoms with Crippen LogP contribution in [0.3, 0.4) is 0 Å². The highest BCUT2D eigenvalue weighted by atomic mass is 35.5. The molecule has 4 nitrogen and oxygen atoms in total. The van der Waals surface area contributed by atoms with Crippen molar-refractivity contribution in [3.63, 3.8) is 0 Å². The molecule has 0 aliphatic carbocycles. The lowest BCUT2D eigenvalue weighted by Crippen LogP contribution is -2.52. The maximum absolute atomic E-state index is 12.4. The normalized spacial score (nSPS) is 24.9. The summed E-state index contributed by atoms with van der Waals surface area (Å²) < 4.78 is 6.51. The smallest absolute Gasteiger partial charge is 0.411 e. The molecule has 1 amide bonds. The molecule has 1 aromatic carbocycles. The first kappa shape index (κ1) is 16.9. The maximum atomic E-state index is 12.4. The number of anilines is 1. The fourth-order valence-electron chi connectivity index (χ4n) is 3.75. The van der Waals surface area contributed by atoms with Crippen molar-refractivity contribution >= 4 is 34.7 Å². The number of carbonyl (C=O) groups is 1. The van der Waals surface area contributed by atoms with Crippen molar-refractivity contribution in [1.82, 2.24) is 4.90 Å². The molecule has 2 aromatic rings. The Hall–Kier alpha value is -1.56. The minimum atomic E-state index is -0.351. The van der Waals surface area contributed by atoms with E-state index in [-0.39, 0.29) is 12.2 Å². The van der Waals surface area contributed by atoms with E-state index < -0.39 is 0 Å². The summed E-state index contributed by atoms with van der Waals surface area (Å²) in [6, 6.07) is 11.8. The quantitative estimate of drug-likeness (QED) is 0.845. The van der Waals surface area contributed by atoms with E-state index in [2.05, 4.69) is 10.2 Å². The van der Waals surface area contributed by atoms with E-state index >= 15 is 0 Å². The van der Waals surface area contributed by atoms with Crippen LogP contribution in [-0.4, -0.2) is 36.7 Å². The van der Waals surface area contributed by atoms with E-state index in [1.807, 2.05) is 36.4 Å². The zero-order chi connectivity index (χ0) is 17.2. The SMILES string of the molecule is O=C(Nc1ccccc1Cc1ccc(Cl)s1)OC1CN2CCC1CC2. The third kappa shape index (κ3) is 4.00. The average molecular weight is 377 g/mol. The zero-order valence-electron chi connectivity index (χ0n) is 13.9. The van der Waals surface area contributed by atoms with Gasteiger partial charge in [0.1, 0.15) is 6.10 Å². The molecule has 0 spiro atoms. The lowest BCUT2D eigenvalue weighted by Gasteiger charge is -2.43. The van der Waals surface area contributed by atoms with E-state index in [9.17, 15) is 4.79 Å². The summed E-state index contributed by atoms with van der Waals surface area (Å²) in [4.78, 5) is 15.9. The van der Waals surface area contributed by atoms with Crippen molar-refractivity contribution in [3.05, 3.63) is 51.2 Å². The third-order valence-corrected chi connectivity index (χ3v) is 6.33. The van der Waals surface area contributed by atoms with E-state index in [1.54, 1.807) is 11.3 Å². The molecule has 3 aliphatic rings. The van der Waals surface area contributed by atoms with Gasteiger partial charge in [0.2, 0.25) is 0 Å². The van der Waals surface area contributed by atoms with Crippen LogP contribution in [-0.2, 0) is 11.2 Å². The number of halogens is 1. The van der Waals surface area contributed by atoms with Gasteiger partial charge in [0.15, 0.2) is 0 Å². The third-order valence-electron chi connectivity index (χ3n) is 5.10. The van der Waals surface area contributed by atoms with E-state index in [1.165, 1.54) is 4.88 Å². The molecule has 3 saturated heterocycles. The summed E-state index contributed by atoms with van der Waals surface area (Å²) in [5.41, 5.74) is 1.87. The lowest BCUT2D eigenvalue weighted by molar-refractivity contribution is -0.0289. The highest BCUT2D eigenvalue weighted by Gasteiger charge is 2.36. The number of carbonyl (C=O) groups excluding carboxylic acids is 1. The first-order valence-corrected chi connectivity index (χ1v) is 9.89. The van der Waals surface area contributed by atoms with Crippen LogP contribution in [0.2, 0.25) is 4.34 Å². The van der Waals surface area contributed by atoms with Crippen LogP contribution in [0.15, 0.2) is 36.4 Å². The number of thiophene rings is 1. The largest absolute Gasteiger partial charge is 0.444 e. The maximum Gasteiger partial charge on any atom is 0.411 e. The number of piperidine rings is 3. The number of nitrogens with zero attached hydrogens (tertiary/aromatic N) is 1. The van der Waals surface area contributed by atoms with Crippen LogP contribution in [0.25, 0.3) is 0 Å². The topological polar surface area (TPSA) is 41.6 Å². The second kappa shape index (κ2) is 7.36. The number of benzene rings is 1. The molecule has 5 rings (SSSR count). The second-order valence-corrected chi connectivity index (χ2v) is 8.55. The Morgan fingerprint density at radius 2 is 2.04 bits per heavy atom. The molecule has 25 heavy (non-hydrogen) atoms. The number of nitrogens with one attached hydrogen (secondary N) is 1. The van der Waals surface area contributed by atoms with Gasteiger partial charge in [-0.05, 0) is 55.6 Å². The molecule has 2 bridgehead atoms. The van der Waals surface area contributed by atoms with E-state index in [0.29, 0.717) is 5.92 Å². The highest BCUT2D eigenvalue weighted by Crippen LogP contribution is 2.30. The Bertz CT molecular complexity index is 755. The summed E-state index contributed by atoms with van der Waals surface area (Å²) in [5, 5.41) is 2.94. The van der Waals surface area contributed by atoms with Crippen LogP contribution in [0.4, 0.5) is 10.5 Å². The Balaban J connectivity index is 1.41. The number of para-hydroxylation sites is 1. The Labute approximate surface area is 156 Å². The molecule has 1 unspecified atom stereocenters.